The lowest BCUT2D eigenvalue weighted by atomic mass is 10.2. The molecular formula is C10H13BF3O2-. The Hall–Kier alpha value is -1.01. The fraction of sp³-hybridized carbons (Fsp3) is 0.400. The van der Waals surface area contributed by atoms with E-state index in [1.807, 2.05) is 30.3 Å². The molecule has 90 valence electrons. The maximum atomic E-state index is 11.6. The number of hydrogen-bond acceptors (Lipinski definition) is 2. The van der Waals surface area contributed by atoms with Crippen molar-refractivity contribution in [3.63, 3.8) is 0 Å². The second kappa shape index (κ2) is 6.55. The standard InChI is InChI=1S/C10H13BF3O2/c12-11(13,14)16-8-4-7-15-9-10-5-2-1-3-6-10/h1-3,5-6H,4,7-9H2/q-1. The summed E-state index contributed by atoms with van der Waals surface area (Å²) in [5.41, 5.74) is 1.00. The van der Waals surface area contributed by atoms with E-state index in [-0.39, 0.29) is 19.6 Å². The van der Waals surface area contributed by atoms with Gasteiger partial charge in [-0.2, -0.15) is 0 Å². The first-order valence-electron chi connectivity index (χ1n) is 5.02. The van der Waals surface area contributed by atoms with Crippen LogP contribution in [0.3, 0.4) is 0 Å². The molecule has 2 nitrogen and oxygen atoms in total. The van der Waals surface area contributed by atoms with Gasteiger partial charge in [-0.1, -0.05) is 30.3 Å². The van der Waals surface area contributed by atoms with Gasteiger partial charge in [-0.05, 0) is 12.0 Å². The Bertz CT molecular complexity index is 290. The molecule has 1 aromatic carbocycles. The van der Waals surface area contributed by atoms with Gasteiger partial charge in [0.05, 0.1) is 6.61 Å². The van der Waals surface area contributed by atoms with Crippen molar-refractivity contribution in [3.05, 3.63) is 35.9 Å². The van der Waals surface area contributed by atoms with Crippen molar-refractivity contribution < 1.29 is 22.3 Å². The minimum absolute atomic E-state index is 0.244. The molecule has 1 aromatic rings. The van der Waals surface area contributed by atoms with Gasteiger partial charge in [0.25, 0.3) is 0 Å². The molecule has 0 bridgehead atoms. The van der Waals surface area contributed by atoms with Gasteiger partial charge in [0, 0.05) is 13.2 Å². The maximum Gasteiger partial charge on any atom is 0.637 e. The van der Waals surface area contributed by atoms with E-state index < -0.39 is 7.18 Å². The van der Waals surface area contributed by atoms with E-state index in [1.54, 1.807) is 0 Å². The van der Waals surface area contributed by atoms with Gasteiger partial charge in [-0.25, -0.2) is 0 Å². The van der Waals surface area contributed by atoms with Crippen LogP contribution in [0.4, 0.5) is 12.9 Å². The molecule has 0 aromatic heterocycles. The highest BCUT2D eigenvalue weighted by Gasteiger charge is 2.24. The normalized spacial score (nSPS) is 11.7. The quantitative estimate of drug-likeness (QED) is 0.532. The molecule has 0 heterocycles. The molecule has 0 unspecified atom stereocenters. The van der Waals surface area contributed by atoms with Crippen molar-refractivity contribution in [2.75, 3.05) is 13.2 Å². The van der Waals surface area contributed by atoms with Crippen LogP contribution < -0.4 is 0 Å². The molecule has 0 radical (unpaired) electrons. The van der Waals surface area contributed by atoms with Crippen LogP contribution in [-0.4, -0.2) is 20.4 Å². The Morgan fingerprint density at radius 3 is 2.31 bits per heavy atom. The third kappa shape index (κ3) is 6.47. The highest BCUT2D eigenvalue weighted by molar-refractivity contribution is 6.51. The molecule has 0 N–H and O–H groups in total. The zero-order valence-corrected chi connectivity index (χ0v) is 8.74. The van der Waals surface area contributed by atoms with Crippen molar-refractivity contribution in [2.45, 2.75) is 13.0 Å². The molecule has 6 heteroatoms. The summed E-state index contributed by atoms with van der Waals surface area (Å²) in [6.07, 6.45) is 0.244. The monoisotopic (exact) mass is 233 g/mol. The second-order valence-electron chi connectivity index (χ2n) is 3.28. The number of ether oxygens (including phenoxy) is 1. The fourth-order valence-corrected chi connectivity index (χ4v) is 1.14. The van der Waals surface area contributed by atoms with Crippen molar-refractivity contribution in [1.29, 1.82) is 0 Å². The van der Waals surface area contributed by atoms with Crippen molar-refractivity contribution in [3.8, 4) is 0 Å². The fourth-order valence-electron chi connectivity index (χ4n) is 1.14. The van der Waals surface area contributed by atoms with Crippen LogP contribution in [0.1, 0.15) is 12.0 Å². The highest BCUT2D eigenvalue weighted by Crippen LogP contribution is 2.09. The summed E-state index contributed by atoms with van der Waals surface area (Å²) >= 11 is 0. The average molecular weight is 233 g/mol. The minimum atomic E-state index is -5.12. The van der Waals surface area contributed by atoms with Crippen LogP contribution in [0.2, 0.25) is 0 Å². The van der Waals surface area contributed by atoms with Gasteiger partial charge < -0.3 is 22.3 Å². The van der Waals surface area contributed by atoms with Gasteiger partial charge in [-0.15, -0.1) is 0 Å². The van der Waals surface area contributed by atoms with Gasteiger partial charge in [-0.3, -0.25) is 0 Å². The summed E-state index contributed by atoms with van der Waals surface area (Å²) in [7, 11) is -5.12. The number of rotatable bonds is 7. The lowest BCUT2D eigenvalue weighted by molar-refractivity contribution is 0.0941. The molecular weight excluding hydrogens is 220 g/mol. The van der Waals surface area contributed by atoms with E-state index in [0.717, 1.165) is 5.56 Å². The van der Waals surface area contributed by atoms with E-state index in [1.165, 1.54) is 0 Å². The Morgan fingerprint density at radius 2 is 1.69 bits per heavy atom. The second-order valence-corrected chi connectivity index (χ2v) is 3.28. The molecule has 0 aliphatic rings. The summed E-state index contributed by atoms with van der Waals surface area (Å²) in [5, 5.41) is 0. The first-order chi connectivity index (χ1) is 7.58. The van der Waals surface area contributed by atoms with Crippen LogP contribution in [0.5, 0.6) is 0 Å². The summed E-state index contributed by atoms with van der Waals surface area (Å²) in [6.45, 7) is 0.345. The summed E-state index contributed by atoms with van der Waals surface area (Å²) < 4.78 is 43.7. The van der Waals surface area contributed by atoms with E-state index in [9.17, 15) is 12.9 Å². The van der Waals surface area contributed by atoms with E-state index in [2.05, 4.69) is 4.65 Å². The summed E-state index contributed by atoms with van der Waals surface area (Å²) in [4.78, 5) is 0. The van der Waals surface area contributed by atoms with Crippen molar-refractivity contribution in [1.82, 2.24) is 0 Å². The van der Waals surface area contributed by atoms with E-state index >= 15 is 0 Å². The molecule has 1 rings (SSSR count). The minimum Gasteiger partial charge on any atom is -0.508 e. The molecule has 0 amide bonds. The molecule has 0 spiro atoms. The summed E-state index contributed by atoms with van der Waals surface area (Å²) in [6, 6.07) is 9.45. The third-order valence-electron chi connectivity index (χ3n) is 1.85. The third-order valence-corrected chi connectivity index (χ3v) is 1.85. The van der Waals surface area contributed by atoms with Crippen LogP contribution in [0, 0.1) is 0 Å². The smallest absolute Gasteiger partial charge is 0.508 e. The first kappa shape index (κ1) is 13.1. The van der Waals surface area contributed by atoms with Gasteiger partial charge in [0.15, 0.2) is 0 Å². The van der Waals surface area contributed by atoms with E-state index in [4.69, 9.17) is 4.74 Å². The molecule has 0 fully saturated rings. The van der Waals surface area contributed by atoms with Crippen LogP contribution in [-0.2, 0) is 16.0 Å². The molecule has 0 atom stereocenters. The number of benzene rings is 1. The lowest BCUT2D eigenvalue weighted by Gasteiger charge is -2.15. The molecule has 0 aliphatic heterocycles. The van der Waals surface area contributed by atoms with Gasteiger partial charge >= 0.3 is 7.18 Å². The lowest BCUT2D eigenvalue weighted by Crippen LogP contribution is -2.22. The SMILES string of the molecule is F[B-](F)(F)OCCCOCc1ccccc1. The maximum absolute atomic E-state index is 11.6. The van der Waals surface area contributed by atoms with Crippen molar-refractivity contribution >= 4 is 7.18 Å². The van der Waals surface area contributed by atoms with E-state index in [0.29, 0.717) is 6.61 Å². The van der Waals surface area contributed by atoms with Crippen LogP contribution >= 0.6 is 0 Å². The largest absolute Gasteiger partial charge is 0.637 e. The Kier molecular flexibility index (Phi) is 5.35. The molecule has 0 saturated heterocycles. The molecule has 0 aliphatic carbocycles. The molecule has 16 heavy (non-hydrogen) atoms. The first-order valence-corrected chi connectivity index (χ1v) is 5.02. The zero-order chi connectivity index (χ0) is 11.9. The summed E-state index contributed by atoms with van der Waals surface area (Å²) in [5.74, 6) is 0. The van der Waals surface area contributed by atoms with Crippen molar-refractivity contribution in [2.24, 2.45) is 0 Å². The highest BCUT2D eigenvalue weighted by atomic mass is 19.4. The van der Waals surface area contributed by atoms with Gasteiger partial charge in [0.1, 0.15) is 0 Å². The Balaban J connectivity index is 2.01. The zero-order valence-electron chi connectivity index (χ0n) is 8.74. The average Bonchev–Trinajstić information content (AvgIpc) is 2.23. The number of hydrogen-bond donors (Lipinski definition) is 0. The van der Waals surface area contributed by atoms with Gasteiger partial charge in [0.2, 0.25) is 0 Å². The Morgan fingerprint density at radius 1 is 1.00 bits per heavy atom. The number of halogens is 3. The predicted molar refractivity (Wildman–Crippen MR) is 55.7 cm³/mol. The van der Waals surface area contributed by atoms with Crippen LogP contribution in [0.25, 0.3) is 0 Å². The van der Waals surface area contributed by atoms with Crippen LogP contribution in [0.15, 0.2) is 30.3 Å². The molecule has 0 saturated carbocycles. The Labute approximate surface area is 92.5 Å². The topological polar surface area (TPSA) is 18.5 Å². The predicted octanol–water partition coefficient (Wildman–Crippen LogP) is 2.95.